The van der Waals surface area contributed by atoms with Gasteiger partial charge >= 0.3 is 0 Å². The van der Waals surface area contributed by atoms with E-state index in [1.54, 1.807) is 7.05 Å². The first-order chi connectivity index (χ1) is 11.1. The predicted molar refractivity (Wildman–Crippen MR) is 101 cm³/mol. The predicted octanol–water partition coefficient (Wildman–Crippen LogP) is 4.08. The summed E-state index contributed by atoms with van der Waals surface area (Å²) in [7, 11) is 1.69. The van der Waals surface area contributed by atoms with Crippen LogP contribution >= 0.6 is 15.9 Å². The van der Waals surface area contributed by atoms with E-state index in [0.717, 1.165) is 4.47 Å². The lowest BCUT2D eigenvalue weighted by Crippen LogP contribution is -2.36. The number of carbonyl (C=O) groups is 2. The van der Waals surface area contributed by atoms with Gasteiger partial charge in [0.05, 0.1) is 18.2 Å². The maximum Gasteiger partial charge on any atom is 0.244 e. The van der Waals surface area contributed by atoms with Crippen molar-refractivity contribution in [2.24, 2.45) is 17.3 Å². The number of halogens is 1. The van der Waals surface area contributed by atoms with Gasteiger partial charge in [-0.05, 0) is 53.2 Å². The number of likely N-dealkylation sites (N-methyl/N-ethyl adjacent to an activating group) is 1. The number of amides is 2. The topological polar surface area (TPSA) is 49.4 Å². The fraction of sp³-hybridized carbons (Fsp3) is 0.474. The molecule has 2 rings (SSSR count). The van der Waals surface area contributed by atoms with Crippen LogP contribution in [0.2, 0.25) is 0 Å². The first-order valence-electron chi connectivity index (χ1n) is 8.09. The molecule has 1 saturated carbocycles. The van der Waals surface area contributed by atoms with E-state index < -0.39 is 0 Å². The molecule has 0 aromatic heterocycles. The zero-order chi connectivity index (χ0) is 18.1. The van der Waals surface area contributed by atoms with Crippen molar-refractivity contribution < 1.29 is 9.59 Å². The van der Waals surface area contributed by atoms with E-state index in [1.165, 1.54) is 10.5 Å². The Balaban J connectivity index is 1.96. The molecule has 1 aromatic carbocycles. The van der Waals surface area contributed by atoms with E-state index in [4.69, 9.17) is 0 Å². The molecule has 0 aliphatic heterocycles. The van der Waals surface area contributed by atoms with Gasteiger partial charge in [0, 0.05) is 11.5 Å². The monoisotopic (exact) mass is 392 g/mol. The van der Waals surface area contributed by atoms with Gasteiger partial charge in [0.15, 0.2) is 0 Å². The Labute approximate surface area is 152 Å². The highest BCUT2D eigenvalue weighted by Gasteiger charge is 2.61. The maximum atomic E-state index is 12.7. The van der Waals surface area contributed by atoms with Crippen LogP contribution < -0.4 is 5.32 Å². The van der Waals surface area contributed by atoms with Gasteiger partial charge in [-0.1, -0.05) is 37.6 Å². The van der Waals surface area contributed by atoms with E-state index in [0.29, 0.717) is 5.69 Å². The highest BCUT2D eigenvalue weighted by Crippen LogP contribution is 2.59. The van der Waals surface area contributed by atoms with Crippen molar-refractivity contribution in [1.82, 2.24) is 4.90 Å². The number of benzene rings is 1. The average molecular weight is 393 g/mol. The van der Waals surface area contributed by atoms with Gasteiger partial charge in [-0.15, -0.1) is 0 Å². The molecular weight excluding hydrogens is 368 g/mol. The molecule has 0 heterocycles. The van der Waals surface area contributed by atoms with Crippen molar-refractivity contribution in [2.45, 2.75) is 27.7 Å². The second-order valence-corrected chi connectivity index (χ2v) is 8.15. The first-order valence-corrected chi connectivity index (χ1v) is 8.88. The van der Waals surface area contributed by atoms with Crippen molar-refractivity contribution in [3.63, 3.8) is 0 Å². The summed E-state index contributed by atoms with van der Waals surface area (Å²) in [6.07, 6.45) is 2.16. The van der Waals surface area contributed by atoms with Crippen LogP contribution in [-0.4, -0.2) is 30.3 Å². The fourth-order valence-electron chi connectivity index (χ4n) is 3.10. The van der Waals surface area contributed by atoms with E-state index in [-0.39, 0.29) is 35.6 Å². The number of hydrogen-bond acceptors (Lipinski definition) is 2. The smallest absolute Gasteiger partial charge is 0.244 e. The van der Waals surface area contributed by atoms with Gasteiger partial charge in [-0.25, -0.2) is 0 Å². The molecule has 2 unspecified atom stereocenters. The third-order valence-electron chi connectivity index (χ3n) is 4.59. The molecule has 5 heteroatoms. The third kappa shape index (κ3) is 4.07. The number of anilines is 1. The number of hydrogen-bond donors (Lipinski definition) is 1. The largest absolute Gasteiger partial charge is 0.336 e. The van der Waals surface area contributed by atoms with E-state index >= 15 is 0 Å². The summed E-state index contributed by atoms with van der Waals surface area (Å²) < 4.78 is 0.819. The lowest BCUT2D eigenvalue weighted by molar-refractivity contribution is -0.135. The molecule has 1 fully saturated rings. The Bertz CT molecular complexity index is 678. The normalized spacial score (nSPS) is 20.9. The molecule has 4 nitrogen and oxygen atoms in total. The second-order valence-electron chi connectivity index (χ2n) is 7.29. The van der Waals surface area contributed by atoms with E-state index in [2.05, 4.69) is 41.2 Å². The van der Waals surface area contributed by atoms with Crippen LogP contribution in [0.25, 0.3) is 0 Å². The maximum absolute atomic E-state index is 12.7. The van der Waals surface area contributed by atoms with Crippen LogP contribution in [0.5, 0.6) is 0 Å². The Morgan fingerprint density at radius 1 is 1.29 bits per heavy atom. The molecule has 1 aliphatic rings. The number of nitrogens with zero attached hydrogens (tertiary/aromatic N) is 1. The lowest BCUT2D eigenvalue weighted by atomic mass is 10.1. The van der Waals surface area contributed by atoms with Crippen LogP contribution in [0, 0.1) is 17.3 Å². The van der Waals surface area contributed by atoms with Crippen molar-refractivity contribution in [3.8, 4) is 0 Å². The molecule has 1 N–H and O–H groups in total. The van der Waals surface area contributed by atoms with Gasteiger partial charge in [-0.3, -0.25) is 9.59 Å². The SMILES string of the molecule is CC(C)=CC1C(C(=O)N(C)CC(=O)Nc2ccccc2Br)C1(C)C. The zero-order valence-electron chi connectivity index (χ0n) is 14.9. The third-order valence-corrected chi connectivity index (χ3v) is 5.29. The Morgan fingerprint density at radius 2 is 1.92 bits per heavy atom. The van der Waals surface area contributed by atoms with Gasteiger partial charge in [0.1, 0.15) is 0 Å². The Kier molecular flexibility index (Phi) is 5.53. The Morgan fingerprint density at radius 3 is 2.50 bits per heavy atom. The van der Waals surface area contributed by atoms with Gasteiger partial charge in [0.25, 0.3) is 0 Å². The number of allylic oxidation sites excluding steroid dienone is 2. The van der Waals surface area contributed by atoms with Crippen LogP contribution in [0.15, 0.2) is 40.4 Å². The summed E-state index contributed by atoms with van der Waals surface area (Å²) in [4.78, 5) is 26.4. The zero-order valence-corrected chi connectivity index (χ0v) is 16.5. The summed E-state index contributed by atoms with van der Waals surface area (Å²) in [5, 5.41) is 2.83. The molecule has 2 atom stereocenters. The van der Waals surface area contributed by atoms with Crippen LogP contribution in [0.4, 0.5) is 5.69 Å². The molecular formula is C19H25BrN2O2. The molecule has 130 valence electrons. The van der Waals surface area contributed by atoms with Gasteiger partial charge in [-0.2, -0.15) is 0 Å². The van der Waals surface area contributed by atoms with Crippen molar-refractivity contribution >= 4 is 33.4 Å². The molecule has 2 amide bonds. The molecule has 0 radical (unpaired) electrons. The average Bonchev–Trinajstić information content (AvgIpc) is 3.00. The lowest BCUT2D eigenvalue weighted by Gasteiger charge is -2.18. The highest BCUT2D eigenvalue weighted by molar-refractivity contribution is 9.10. The van der Waals surface area contributed by atoms with Crippen molar-refractivity contribution in [3.05, 3.63) is 40.4 Å². The number of rotatable bonds is 5. The number of para-hydroxylation sites is 1. The van der Waals surface area contributed by atoms with Crippen LogP contribution in [0.1, 0.15) is 27.7 Å². The van der Waals surface area contributed by atoms with E-state index in [9.17, 15) is 9.59 Å². The molecule has 0 spiro atoms. The minimum absolute atomic E-state index is 0.0322. The minimum atomic E-state index is -0.199. The van der Waals surface area contributed by atoms with E-state index in [1.807, 2.05) is 38.1 Å². The van der Waals surface area contributed by atoms with Crippen molar-refractivity contribution in [1.29, 1.82) is 0 Å². The summed E-state index contributed by atoms with van der Waals surface area (Å²) in [5.41, 5.74) is 1.89. The van der Waals surface area contributed by atoms with Gasteiger partial charge < -0.3 is 10.2 Å². The highest BCUT2D eigenvalue weighted by atomic mass is 79.9. The van der Waals surface area contributed by atoms with Crippen LogP contribution in [0.3, 0.4) is 0 Å². The molecule has 1 aliphatic carbocycles. The quantitative estimate of drug-likeness (QED) is 0.767. The fourth-order valence-corrected chi connectivity index (χ4v) is 3.49. The van der Waals surface area contributed by atoms with Gasteiger partial charge in [0.2, 0.25) is 11.8 Å². The molecule has 24 heavy (non-hydrogen) atoms. The summed E-state index contributed by atoms with van der Waals surface area (Å²) in [6, 6.07) is 7.42. The first kappa shape index (κ1) is 18.7. The molecule has 0 bridgehead atoms. The number of carbonyl (C=O) groups excluding carboxylic acids is 2. The second kappa shape index (κ2) is 7.09. The van der Waals surface area contributed by atoms with Crippen molar-refractivity contribution in [2.75, 3.05) is 18.9 Å². The summed E-state index contributed by atoms with van der Waals surface area (Å²) >= 11 is 3.40. The molecule has 1 aromatic rings. The summed E-state index contributed by atoms with van der Waals surface area (Å²) in [5.74, 6) is 0.0391. The summed E-state index contributed by atoms with van der Waals surface area (Å²) in [6.45, 7) is 8.35. The molecule has 0 saturated heterocycles. The minimum Gasteiger partial charge on any atom is -0.336 e. The standard InChI is InChI=1S/C19H25BrN2O2/c1-12(2)10-13-17(19(13,3)4)18(24)22(5)11-16(23)21-15-9-7-6-8-14(15)20/h6-10,13,17H,11H2,1-5H3,(H,21,23). The number of nitrogens with one attached hydrogen (secondary N) is 1. The Hall–Kier alpha value is -1.62. The van der Waals surface area contributed by atoms with Crippen LogP contribution in [-0.2, 0) is 9.59 Å².